The van der Waals surface area contributed by atoms with E-state index in [0.717, 1.165) is 12.1 Å². The monoisotopic (exact) mass is 231 g/mol. The van der Waals surface area contributed by atoms with Crippen LogP contribution in [-0.2, 0) is 0 Å². The molecule has 1 aromatic carbocycles. The Balaban J connectivity index is 3.07. The summed E-state index contributed by atoms with van der Waals surface area (Å²) < 4.78 is 12.9. The third kappa shape index (κ3) is 2.73. The van der Waals surface area contributed by atoms with Crippen LogP contribution in [0.1, 0.15) is 16.8 Å². The number of rotatable bonds is 4. The number of nitro benzene ring substituents is 1. The number of hydrogen-bond acceptors (Lipinski definition) is 3. The minimum atomic E-state index is -0.956. The van der Waals surface area contributed by atoms with Crippen molar-refractivity contribution >= 4 is 23.1 Å². The van der Waals surface area contributed by atoms with Gasteiger partial charge in [-0.25, -0.2) is 0 Å². The zero-order valence-corrected chi connectivity index (χ0v) is 8.33. The molecule has 80 valence electrons. The summed E-state index contributed by atoms with van der Waals surface area (Å²) in [6.07, 6.45) is 0.0738. The van der Waals surface area contributed by atoms with Gasteiger partial charge in [0, 0.05) is 23.9 Å². The maximum absolute atomic E-state index is 12.9. The van der Waals surface area contributed by atoms with Crippen LogP contribution < -0.4 is 0 Å². The molecule has 0 aliphatic heterocycles. The number of hydrogen-bond donors (Lipinski definition) is 0. The number of alkyl halides is 1. The lowest BCUT2D eigenvalue weighted by molar-refractivity contribution is -0.387. The Hall–Kier alpha value is -1.49. The lowest BCUT2D eigenvalue weighted by atomic mass is 10.1. The summed E-state index contributed by atoms with van der Waals surface area (Å²) in [5.41, 5.74) is -0.598. The molecule has 0 fully saturated rings. The molecule has 0 saturated carbocycles. The fraction of sp³-hybridized carbons (Fsp3) is 0.222. The molecule has 6 heteroatoms. The van der Waals surface area contributed by atoms with Gasteiger partial charge in [-0.2, -0.15) is 4.39 Å². The average molecular weight is 232 g/mol. The van der Waals surface area contributed by atoms with Gasteiger partial charge >= 0.3 is 5.69 Å². The maximum atomic E-state index is 12.9. The second-order valence-electron chi connectivity index (χ2n) is 2.79. The number of nitro groups is 1. The van der Waals surface area contributed by atoms with Crippen molar-refractivity contribution in [1.82, 2.24) is 0 Å². The lowest BCUT2D eigenvalue weighted by Gasteiger charge is -1.99. The summed E-state index contributed by atoms with van der Waals surface area (Å²) in [6, 6.07) is 3.03. The Morgan fingerprint density at radius 2 is 2.20 bits per heavy atom. The van der Waals surface area contributed by atoms with Crippen molar-refractivity contribution in [2.45, 2.75) is 6.42 Å². The van der Waals surface area contributed by atoms with E-state index in [4.69, 9.17) is 11.6 Å². The third-order valence-corrected chi connectivity index (χ3v) is 1.98. The Morgan fingerprint density at radius 1 is 1.53 bits per heavy atom. The fourth-order valence-electron chi connectivity index (χ4n) is 1.06. The van der Waals surface area contributed by atoms with E-state index in [1.807, 2.05) is 0 Å². The number of nitrogens with zero attached hydrogens (tertiary/aromatic N) is 1. The fourth-order valence-corrected chi connectivity index (χ4v) is 1.23. The van der Waals surface area contributed by atoms with Crippen molar-refractivity contribution in [3.8, 4) is 0 Å². The van der Waals surface area contributed by atoms with Crippen LogP contribution in [0, 0.1) is 15.9 Å². The van der Waals surface area contributed by atoms with Gasteiger partial charge in [0.2, 0.25) is 5.82 Å². The number of benzene rings is 1. The average Bonchev–Trinajstić information content (AvgIpc) is 2.18. The second-order valence-corrected chi connectivity index (χ2v) is 3.16. The van der Waals surface area contributed by atoms with Gasteiger partial charge in [-0.05, 0) is 12.1 Å². The molecule has 0 spiro atoms. The quantitative estimate of drug-likeness (QED) is 0.346. The zero-order chi connectivity index (χ0) is 11.4. The Kier molecular flexibility index (Phi) is 3.74. The smallest absolute Gasteiger partial charge is 0.294 e. The van der Waals surface area contributed by atoms with Crippen LogP contribution in [-0.4, -0.2) is 16.6 Å². The van der Waals surface area contributed by atoms with Crippen LogP contribution in [0.3, 0.4) is 0 Å². The number of carbonyl (C=O) groups is 1. The van der Waals surface area contributed by atoms with Gasteiger partial charge in [0.1, 0.15) is 0 Å². The van der Waals surface area contributed by atoms with Gasteiger partial charge < -0.3 is 0 Å². The summed E-state index contributed by atoms with van der Waals surface area (Å²) >= 11 is 5.35. The molecule has 0 unspecified atom stereocenters. The van der Waals surface area contributed by atoms with Crippen molar-refractivity contribution in [3.05, 3.63) is 39.7 Å². The van der Waals surface area contributed by atoms with Crippen LogP contribution in [0.15, 0.2) is 18.2 Å². The lowest BCUT2D eigenvalue weighted by Crippen LogP contribution is -2.02. The number of carbonyl (C=O) groups excluding carboxylic acids is 1. The molecule has 4 nitrogen and oxygen atoms in total. The van der Waals surface area contributed by atoms with Crippen molar-refractivity contribution < 1.29 is 14.1 Å². The molecule has 0 aliphatic carbocycles. The van der Waals surface area contributed by atoms with Gasteiger partial charge in [0.05, 0.1) is 4.92 Å². The van der Waals surface area contributed by atoms with E-state index in [1.54, 1.807) is 0 Å². The minimum Gasteiger partial charge on any atom is -0.294 e. The number of Topliss-reactive ketones (excluding diaryl/α,β-unsaturated/α-hetero) is 1. The summed E-state index contributed by atoms with van der Waals surface area (Å²) in [5.74, 6) is -1.17. The minimum absolute atomic E-state index is 0.0738. The van der Waals surface area contributed by atoms with E-state index in [1.165, 1.54) is 6.07 Å². The SMILES string of the molecule is O=C(CCCl)c1ccc(F)c([N+](=O)[O-])c1. The summed E-state index contributed by atoms with van der Waals surface area (Å²) in [7, 11) is 0. The molecule has 0 amide bonds. The van der Waals surface area contributed by atoms with Gasteiger partial charge in [0.25, 0.3) is 0 Å². The Morgan fingerprint density at radius 3 is 2.73 bits per heavy atom. The molecule has 0 aromatic heterocycles. The highest BCUT2D eigenvalue weighted by molar-refractivity contribution is 6.19. The topological polar surface area (TPSA) is 60.2 Å². The van der Waals surface area contributed by atoms with E-state index in [0.29, 0.717) is 0 Å². The first-order valence-electron chi connectivity index (χ1n) is 4.09. The molecule has 0 N–H and O–H groups in total. The molecule has 0 aliphatic rings. The maximum Gasteiger partial charge on any atom is 0.305 e. The van der Waals surface area contributed by atoms with E-state index in [-0.39, 0.29) is 23.6 Å². The molecular formula is C9H7ClFNO3. The first kappa shape index (κ1) is 11.6. The van der Waals surface area contributed by atoms with Crippen molar-refractivity contribution in [2.75, 3.05) is 5.88 Å². The van der Waals surface area contributed by atoms with E-state index >= 15 is 0 Å². The Labute approximate surface area is 89.8 Å². The molecule has 0 bridgehead atoms. The molecule has 0 heterocycles. The molecule has 0 radical (unpaired) electrons. The van der Waals surface area contributed by atoms with Crippen molar-refractivity contribution in [2.24, 2.45) is 0 Å². The summed E-state index contributed by atoms with van der Waals surface area (Å²) in [6.45, 7) is 0. The van der Waals surface area contributed by atoms with Gasteiger partial charge in [-0.15, -0.1) is 11.6 Å². The van der Waals surface area contributed by atoms with Crippen molar-refractivity contribution in [3.63, 3.8) is 0 Å². The van der Waals surface area contributed by atoms with Crippen molar-refractivity contribution in [1.29, 1.82) is 0 Å². The first-order chi connectivity index (χ1) is 7.06. The largest absolute Gasteiger partial charge is 0.305 e. The van der Waals surface area contributed by atoms with Crippen LogP contribution in [0.25, 0.3) is 0 Å². The van der Waals surface area contributed by atoms with Gasteiger partial charge in [-0.1, -0.05) is 0 Å². The molecule has 0 saturated heterocycles. The summed E-state index contributed by atoms with van der Waals surface area (Å²) in [5, 5.41) is 10.4. The molecule has 1 aromatic rings. The third-order valence-electron chi connectivity index (χ3n) is 1.79. The first-order valence-corrected chi connectivity index (χ1v) is 4.63. The molecular weight excluding hydrogens is 225 g/mol. The standard InChI is InChI=1S/C9H7ClFNO3/c10-4-3-9(13)6-1-2-7(11)8(5-6)12(14)15/h1-2,5H,3-4H2. The highest BCUT2D eigenvalue weighted by Crippen LogP contribution is 2.19. The van der Waals surface area contributed by atoms with Gasteiger partial charge in [-0.3, -0.25) is 14.9 Å². The molecule has 1 rings (SSSR count). The second kappa shape index (κ2) is 4.84. The van der Waals surface area contributed by atoms with E-state index in [2.05, 4.69) is 0 Å². The molecule has 0 atom stereocenters. The highest BCUT2D eigenvalue weighted by Gasteiger charge is 2.16. The summed E-state index contributed by atoms with van der Waals surface area (Å²) in [4.78, 5) is 20.8. The predicted molar refractivity (Wildman–Crippen MR) is 52.7 cm³/mol. The van der Waals surface area contributed by atoms with Gasteiger partial charge in [0.15, 0.2) is 5.78 Å². The molecule has 15 heavy (non-hydrogen) atoms. The van der Waals surface area contributed by atoms with E-state index < -0.39 is 16.4 Å². The Bertz CT molecular complexity index is 408. The van der Waals surface area contributed by atoms with E-state index in [9.17, 15) is 19.3 Å². The van der Waals surface area contributed by atoms with Crippen LogP contribution in [0.4, 0.5) is 10.1 Å². The highest BCUT2D eigenvalue weighted by atomic mass is 35.5. The normalized spacial score (nSPS) is 10.0. The number of ketones is 1. The van der Waals surface area contributed by atoms with Crippen LogP contribution in [0.2, 0.25) is 0 Å². The predicted octanol–water partition coefficient (Wildman–Crippen LogP) is 2.55. The number of halogens is 2. The van der Waals surface area contributed by atoms with Crippen LogP contribution in [0.5, 0.6) is 0 Å². The zero-order valence-electron chi connectivity index (χ0n) is 7.57. The van der Waals surface area contributed by atoms with Crippen LogP contribution >= 0.6 is 11.6 Å².